The molecule has 1 aliphatic rings. The molecule has 2 N–H and O–H groups in total. The van der Waals surface area contributed by atoms with Gasteiger partial charge in [-0.15, -0.1) is 0 Å². The van der Waals surface area contributed by atoms with Gasteiger partial charge in [0.05, 0.1) is 0 Å². The Morgan fingerprint density at radius 2 is 2.06 bits per heavy atom. The van der Waals surface area contributed by atoms with Crippen molar-refractivity contribution in [3.63, 3.8) is 0 Å². The Balaban J connectivity index is 1.78. The van der Waals surface area contributed by atoms with Crippen LogP contribution >= 0.6 is 11.8 Å². The molecule has 1 fully saturated rings. The standard InChI is InChI=1S/C12H24N2OS/c1-16-10-4-2-3-8-14-12(15)7-9-13-11-5-6-11/h11,13H,2-10H2,1H3,(H,14,15). The van der Waals surface area contributed by atoms with Crippen LogP contribution in [0.5, 0.6) is 0 Å². The number of hydrogen-bond donors (Lipinski definition) is 2. The van der Waals surface area contributed by atoms with Crippen molar-refractivity contribution in [1.82, 2.24) is 10.6 Å². The average molecular weight is 244 g/mol. The third-order valence-electron chi connectivity index (χ3n) is 2.71. The first-order chi connectivity index (χ1) is 7.83. The van der Waals surface area contributed by atoms with Crippen LogP contribution in [0.15, 0.2) is 0 Å². The quantitative estimate of drug-likeness (QED) is 0.576. The van der Waals surface area contributed by atoms with Crippen LogP contribution in [0.2, 0.25) is 0 Å². The molecule has 3 nitrogen and oxygen atoms in total. The molecule has 0 atom stereocenters. The van der Waals surface area contributed by atoms with Crippen LogP contribution in [0.3, 0.4) is 0 Å². The van der Waals surface area contributed by atoms with Crippen LogP contribution < -0.4 is 10.6 Å². The van der Waals surface area contributed by atoms with Gasteiger partial charge in [-0.1, -0.05) is 6.42 Å². The lowest BCUT2D eigenvalue weighted by atomic mass is 10.2. The zero-order valence-electron chi connectivity index (χ0n) is 10.3. The maximum Gasteiger partial charge on any atom is 0.221 e. The highest BCUT2D eigenvalue weighted by molar-refractivity contribution is 7.98. The van der Waals surface area contributed by atoms with Crippen LogP contribution in [0, 0.1) is 0 Å². The first-order valence-corrected chi connectivity index (χ1v) is 7.71. The average Bonchev–Trinajstić information content (AvgIpc) is 3.07. The first-order valence-electron chi connectivity index (χ1n) is 6.32. The second kappa shape index (κ2) is 8.88. The van der Waals surface area contributed by atoms with E-state index < -0.39 is 0 Å². The van der Waals surface area contributed by atoms with Crippen molar-refractivity contribution in [2.75, 3.05) is 25.1 Å². The Morgan fingerprint density at radius 3 is 2.75 bits per heavy atom. The SMILES string of the molecule is CSCCCCCNC(=O)CCNC1CC1. The summed E-state index contributed by atoms with van der Waals surface area (Å²) in [6.07, 6.45) is 8.94. The Bertz CT molecular complexity index is 195. The van der Waals surface area contributed by atoms with Crippen LogP contribution in [0.25, 0.3) is 0 Å². The monoisotopic (exact) mass is 244 g/mol. The number of hydrogen-bond acceptors (Lipinski definition) is 3. The van der Waals surface area contributed by atoms with E-state index in [2.05, 4.69) is 16.9 Å². The van der Waals surface area contributed by atoms with E-state index in [-0.39, 0.29) is 5.91 Å². The molecule has 0 aromatic rings. The van der Waals surface area contributed by atoms with Gasteiger partial charge < -0.3 is 10.6 Å². The number of carbonyl (C=O) groups excluding carboxylic acids is 1. The molecule has 1 saturated carbocycles. The molecule has 0 saturated heterocycles. The summed E-state index contributed by atoms with van der Waals surface area (Å²) < 4.78 is 0. The number of unbranched alkanes of at least 4 members (excludes halogenated alkanes) is 2. The fourth-order valence-corrected chi connectivity index (χ4v) is 2.03. The van der Waals surface area contributed by atoms with Crippen molar-refractivity contribution in [3.8, 4) is 0 Å². The molecule has 4 heteroatoms. The fraction of sp³-hybridized carbons (Fsp3) is 0.917. The molecule has 0 heterocycles. The highest BCUT2D eigenvalue weighted by atomic mass is 32.2. The number of rotatable bonds is 10. The minimum atomic E-state index is 0.193. The van der Waals surface area contributed by atoms with Crippen LogP contribution in [-0.4, -0.2) is 37.0 Å². The molecule has 0 unspecified atom stereocenters. The van der Waals surface area contributed by atoms with E-state index in [0.717, 1.165) is 19.5 Å². The van der Waals surface area contributed by atoms with Gasteiger partial charge in [0, 0.05) is 25.6 Å². The minimum Gasteiger partial charge on any atom is -0.356 e. The van der Waals surface area contributed by atoms with Gasteiger partial charge in [0.25, 0.3) is 0 Å². The van der Waals surface area contributed by atoms with Crippen molar-refractivity contribution in [2.45, 2.75) is 44.6 Å². The summed E-state index contributed by atoms with van der Waals surface area (Å²) in [5.41, 5.74) is 0. The molecule has 1 aliphatic carbocycles. The largest absolute Gasteiger partial charge is 0.356 e. The van der Waals surface area contributed by atoms with E-state index in [0.29, 0.717) is 12.5 Å². The first kappa shape index (κ1) is 13.8. The second-order valence-electron chi connectivity index (χ2n) is 4.38. The van der Waals surface area contributed by atoms with Crippen LogP contribution in [0.1, 0.15) is 38.5 Å². The van der Waals surface area contributed by atoms with E-state index in [1.807, 2.05) is 11.8 Å². The second-order valence-corrected chi connectivity index (χ2v) is 5.37. The minimum absolute atomic E-state index is 0.193. The molecule has 0 bridgehead atoms. The van der Waals surface area contributed by atoms with Gasteiger partial charge in [0.15, 0.2) is 0 Å². The number of nitrogens with one attached hydrogen (secondary N) is 2. The number of thioether (sulfide) groups is 1. The van der Waals surface area contributed by atoms with Gasteiger partial charge in [0.2, 0.25) is 5.91 Å². The lowest BCUT2D eigenvalue weighted by Crippen LogP contribution is -2.29. The highest BCUT2D eigenvalue weighted by Crippen LogP contribution is 2.18. The number of carbonyl (C=O) groups is 1. The van der Waals surface area contributed by atoms with Crippen LogP contribution in [0.4, 0.5) is 0 Å². The predicted octanol–water partition coefficient (Wildman–Crippen LogP) is 1.78. The number of amides is 1. The summed E-state index contributed by atoms with van der Waals surface area (Å²) in [5.74, 6) is 1.43. The van der Waals surface area contributed by atoms with Crippen molar-refractivity contribution >= 4 is 17.7 Å². The topological polar surface area (TPSA) is 41.1 Å². The molecule has 94 valence electrons. The van der Waals surface area contributed by atoms with Gasteiger partial charge >= 0.3 is 0 Å². The molecular formula is C12H24N2OS. The summed E-state index contributed by atoms with van der Waals surface area (Å²) in [7, 11) is 0. The lowest BCUT2D eigenvalue weighted by Gasteiger charge is -2.05. The molecule has 16 heavy (non-hydrogen) atoms. The van der Waals surface area contributed by atoms with E-state index in [1.54, 1.807) is 0 Å². The molecule has 1 amide bonds. The van der Waals surface area contributed by atoms with Crippen molar-refractivity contribution in [1.29, 1.82) is 0 Å². The molecule has 0 aliphatic heterocycles. The van der Waals surface area contributed by atoms with Gasteiger partial charge in [-0.05, 0) is 37.7 Å². The fourth-order valence-electron chi connectivity index (χ4n) is 1.54. The lowest BCUT2D eigenvalue weighted by molar-refractivity contribution is -0.121. The van der Waals surface area contributed by atoms with Gasteiger partial charge in [-0.25, -0.2) is 0 Å². The van der Waals surface area contributed by atoms with Gasteiger partial charge in [-0.3, -0.25) is 4.79 Å². The summed E-state index contributed by atoms with van der Waals surface area (Å²) in [6.45, 7) is 1.68. The zero-order valence-corrected chi connectivity index (χ0v) is 11.1. The molecule has 0 aromatic heterocycles. The molecule has 0 aromatic carbocycles. The summed E-state index contributed by atoms with van der Waals surface area (Å²) >= 11 is 1.89. The maximum atomic E-state index is 11.4. The Hall–Kier alpha value is -0.220. The molecular weight excluding hydrogens is 220 g/mol. The zero-order chi connectivity index (χ0) is 11.6. The van der Waals surface area contributed by atoms with E-state index >= 15 is 0 Å². The molecule has 0 radical (unpaired) electrons. The summed E-state index contributed by atoms with van der Waals surface area (Å²) in [6, 6.07) is 0.708. The third kappa shape index (κ3) is 7.99. The van der Waals surface area contributed by atoms with Gasteiger partial charge in [-0.2, -0.15) is 11.8 Å². The van der Waals surface area contributed by atoms with Gasteiger partial charge in [0.1, 0.15) is 0 Å². The van der Waals surface area contributed by atoms with Crippen molar-refractivity contribution < 1.29 is 4.79 Å². The van der Waals surface area contributed by atoms with Crippen molar-refractivity contribution in [3.05, 3.63) is 0 Å². The predicted molar refractivity (Wildman–Crippen MR) is 70.9 cm³/mol. The highest BCUT2D eigenvalue weighted by Gasteiger charge is 2.19. The normalized spacial score (nSPS) is 15.1. The molecule has 0 spiro atoms. The summed E-state index contributed by atoms with van der Waals surface area (Å²) in [4.78, 5) is 11.4. The van der Waals surface area contributed by atoms with E-state index in [4.69, 9.17) is 0 Å². The third-order valence-corrected chi connectivity index (χ3v) is 3.41. The molecule has 1 rings (SSSR count). The van der Waals surface area contributed by atoms with Crippen molar-refractivity contribution in [2.24, 2.45) is 0 Å². The van der Waals surface area contributed by atoms with E-state index in [1.165, 1.54) is 31.4 Å². The van der Waals surface area contributed by atoms with E-state index in [9.17, 15) is 4.79 Å². The Labute approximate surface area is 103 Å². The Kier molecular flexibility index (Phi) is 7.68. The Morgan fingerprint density at radius 1 is 1.25 bits per heavy atom. The maximum absolute atomic E-state index is 11.4. The smallest absolute Gasteiger partial charge is 0.221 e. The summed E-state index contributed by atoms with van der Waals surface area (Å²) in [5, 5.41) is 6.31. The van der Waals surface area contributed by atoms with Crippen LogP contribution in [-0.2, 0) is 4.79 Å².